The van der Waals surface area contributed by atoms with E-state index in [-0.39, 0.29) is 0 Å². The summed E-state index contributed by atoms with van der Waals surface area (Å²) in [4.78, 5) is 8.97. The largest absolute Gasteiger partial charge is 0.457 e. The molecule has 2 heterocycles. The van der Waals surface area contributed by atoms with Crippen molar-refractivity contribution < 1.29 is 4.74 Å². The van der Waals surface area contributed by atoms with E-state index in [0.29, 0.717) is 5.02 Å². The summed E-state index contributed by atoms with van der Waals surface area (Å²) in [5.41, 5.74) is 4.43. The second-order valence-electron chi connectivity index (χ2n) is 6.37. The monoisotopic (exact) mass is 374 g/mol. The molecule has 0 bridgehead atoms. The molecule has 2 aromatic carbocycles. The number of pyridine rings is 1. The van der Waals surface area contributed by atoms with Gasteiger partial charge in [-0.15, -0.1) is 0 Å². The van der Waals surface area contributed by atoms with Crippen molar-refractivity contribution >= 4 is 23.4 Å². The molecule has 0 unspecified atom stereocenters. The molecule has 0 amide bonds. The lowest BCUT2D eigenvalue weighted by Gasteiger charge is -2.16. The summed E-state index contributed by atoms with van der Waals surface area (Å²) in [5, 5.41) is 0.695. The van der Waals surface area contributed by atoms with Crippen LogP contribution in [0.2, 0.25) is 5.02 Å². The second-order valence-corrected chi connectivity index (χ2v) is 6.81. The highest BCUT2D eigenvalue weighted by atomic mass is 35.5. The number of aliphatic imine (C=N–C) groups is 1. The van der Waals surface area contributed by atoms with Gasteiger partial charge in [0.2, 0.25) is 0 Å². The zero-order chi connectivity index (χ0) is 18.5. The van der Waals surface area contributed by atoms with Gasteiger partial charge in [0, 0.05) is 29.5 Å². The predicted molar refractivity (Wildman–Crippen MR) is 111 cm³/mol. The Morgan fingerprint density at radius 1 is 0.963 bits per heavy atom. The normalized spacial score (nSPS) is 15.4. The van der Waals surface area contributed by atoms with Gasteiger partial charge in [-0.05, 0) is 78.6 Å². The first-order valence-corrected chi connectivity index (χ1v) is 9.35. The Morgan fingerprint density at radius 2 is 1.85 bits per heavy atom. The van der Waals surface area contributed by atoms with Gasteiger partial charge in [0.1, 0.15) is 11.5 Å². The Balaban J connectivity index is 1.60. The maximum absolute atomic E-state index is 5.95. The van der Waals surface area contributed by atoms with Crippen LogP contribution in [0.4, 0.5) is 0 Å². The maximum Gasteiger partial charge on any atom is 0.128 e. The lowest BCUT2D eigenvalue weighted by molar-refractivity contribution is 0.482. The molecule has 3 aromatic rings. The maximum atomic E-state index is 5.95. The van der Waals surface area contributed by atoms with Crippen LogP contribution in [0.5, 0.6) is 11.5 Å². The third-order valence-electron chi connectivity index (χ3n) is 4.36. The first kappa shape index (κ1) is 17.5. The number of ether oxygens (including phenoxy) is 1. The first-order valence-electron chi connectivity index (χ1n) is 8.97. The van der Waals surface area contributed by atoms with Crippen molar-refractivity contribution in [3.63, 3.8) is 0 Å². The van der Waals surface area contributed by atoms with Gasteiger partial charge in [0.15, 0.2) is 0 Å². The van der Waals surface area contributed by atoms with E-state index in [1.165, 1.54) is 5.57 Å². The fraction of sp³-hybridized carbons (Fsp3) is 0.130. The van der Waals surface area contributed by atoms with Gasteiger partial charge in [0.05, 0.1) is 5.71 Å². The van der Waals surface area contributed by atoms with Crippen molar-refractivity contribution in [2.24, 2.45) is 4.99 Å². The van der Waals surface area contributed by atoms with Crippen LogP contribution in [0, 0.1) is 0 Å². The molecule has 27 heavy (non-hydrogen) atoms. The van der Waals surface area contributed by atoms with Crippen LogP contribution in [-0.2, 0) is 0 Å². The van der Waals surface area contributed by atoms with Crippen LogP contribution in [-0.4, -0.2) is 17.2 Å². The van der Waals surface area contributed by atoms with E-state index in [1.54, 1.807) is 6.20 Å². The number of rotatable bonds is 4. The second kappa shape index (κ2) is 8.19. The van der Waals surface area contributed by atoms with E-state index in [9.17, 15) is 0 Å². The molecule has 0 fully saturated rings. The molecule has 134 valence electrons. The zero-order valence-corrected chi connectivity index (χ0v) is 15.6. The molecule has 0 N–H and O–H groups in total. The summed E-state index contributed by atoms with van der Waals surface area (Å²) in [6, 6.07) is 19.4. The molecule has 3 nitrogen and oxygen atoms in total. The highest BCUT2D eigenvalue weighted by molar-refractivity contribution is 6.30. The van der Waals surface area contributed by atoms with Crippen LogP contribution in [0.25, 0.3) is 6.08 Å². The van der Waals surface area contributed by atoms with Gasteiger partial charge in [0.25, 0.3) is 0 Å². The summed E-state index contributed by atoms with van der Waals surface area (Å²) >= 11 is 5.93. The topological polar surface area (TPSA) is 34.5 Å². The molecule has 1 aliphatic rings. The van der Waals surface area contributed by atoms with E-state index >= 15 is 0 Å². The molecule has 0 aliphatic carbocycles. The SMILES string of the molecule is Clc1ccc(Oc2cccc(/C=C3\CCCN=C3c3cccnc3)c2)cc1. The Morgan fingerprint density at radius 3 is 2.67 bits per heavy atom. The molecule has 1 aromatic heterocycles. The fourth-order valence-electron chi connectivity index (χ4n) is 3.11. The van der Waals surface area contributed by atoms with Gasteiger partial charge >= 0.3 is 0 Å². The first-order chi connectivity index (χ1) is 13.3. The molecule has 1 aliphatic heterocycles. The smallest absolute Gasteiger partial charge is 0.128 e. The van der Waals surface area contributed by atoms with Crippen molar-refractivity contribution in [1.82, 2.24) is 4.98 Å². The van der Waals surface area contributed by atoms with E-state index in [0.717, 1.165) is 47.7 Å². The summed E-state index contributed by atoms with van der Waals surface area (Å²) in [7, 11) is 0. The highest BCUT2D eigenvalue weighted by Crippen LogP contribution is 2.26. The fourth-order valence-corrected chi connectivity index (χ4v) is 3.23. The lowest BCUT2D eigenvalue weighted by Crippen LogP contribution is -2.11. The van der Waals surface area contributed by atoms with Crippen LogP contribution < -0.4 is 4.74 Å². The third-order valence-corrected chi connectivity index (χ3v) is 4.61. The molecule has 0 saturated heterocycles. The Labute approximate surface area is 164 Å². The standard InChI is InChI=1S/C23H19ClN2O/c24-20-8-10-21(11-9-20)27-22-7-1-4-17(15-22)14-18-5-3-13-26-23(18)19-6-2-12-25-16-19/h1-2,4,6-12,14-16H,3,5,13H2/b18-14+. The molecule has 0 spiro atoms. The molecule has 0 saturated carbocycles. The Kier molecular flexibility index (Phi) is 5.31. The minimum Gasteiger partial charge on any atom is -0.457 e. The van der Waals surface area contributed by atoms with Crippen molar-refractivity contribution in [2.45, 2.75) is 12.8 Å². The van der Waals surface area contributed by atoms with Gasteiger partial charge < -0.3 is 4.74 Å². The molecule has 0 atom stereocenters. The Hall–Kier alpha value is -2.91. The number of benzene rings is 2. The number of halogens is 1. The number of hydrogen-bond acceptors (Lipinski definition) is 3. The molecule has 4 rings (SSSR count). The summed E-state index contributed by atoms with van der Waals surface area (Å²) in [6.07, 6.45) is 7.93. The van der Waals surface area contributed by atoms with Crippen LogP contribution >= 0.6 is 11.6 Å². The number of nitrogens with zero attached hydrogens (tertiary/aromatic N) is 2. The van der Waals surface area contributed by atoms with E-state index in [1.807, 2.05) is 54.7 Å². The van der Waals surface area contributed by atoms with Crippen LogP contribution in [0.3, 0.4) is 0 Å². The van der Waals surface area contributed by atoms with Crippen molar-refractivity contribution in [2.75, 3.05) is 6.54 Å². The van der Waals surface area contributed by atoms with Gasteiger partial charge in [-0.2, -0.15) is 0 Å². The van der Waals surface area contributed by atoms with Crippen molar-refractivity contribution in [3.8, 4) is 11.5 Å². The van der Waals surface area contributed by atoms with Crippen LogP contribution in [0.15, 0.2) is 83.6 Å². The third kappa shape index (κ3) is 4.44. The number of allylic oxidation sites excluding steroid dienone is 1. The summed E-state index contributed by atoms with van der Waals surface area (Å²) < 4.78 is 5.95. The van der Waals surface area contributed by atoms with E-state index in [4.69, 9.17) is 21.3 Å². The number of aromatic nitrogens is 1. The highest BCUT2D eigenvalue weighted by Gasteiger charge is 2.14. The molecule has 0 radical (unpaired) electrons. The summed E-state index contributed by atoms with van der Waals surface area (Å²) in [6.45, 7) is 0.862. The summed E-state index contributed by atoms with van der Waals surface area (Å²) in [5.74, 6) is 1.56. The van der Waals surface area contributed by atoms with Crippen molar-refractivity contribution in [1.29, 1.82) is 0 Å². The minimum atomic E-state index is 0.695. The minimum absolute atomic E-state index is 0.695. The average Bonchev–Trinajstić information content (AvgIpc) is 2.71. The van der Waals surface area contributed by atoms with Gasteiger partial charge in [-0.25, -0.2) is 0 Å². The lowest BCUT2D eigenvalue weighted by atomic mass is 9.95. The van der Waals surface area contributed by atoms with E-state index in [2.05, 4.69) is 23.2 Å². The van der Waals surface area contributed by atoms with Gasteiger partial charge in [-0.1, -0.05) is 23.7 Å². The average molecular weight is 375 g/mol. The Bertz CT molecular complexity index is 979. The van der Waals surface area contributed by atoms with Crippen molar-refractivity contribution in [3.05, 3.63) is 94.8 Å². The van der Waals surface area contributed by atoms with Gasteiger partial charge in [-0.3, -0.25) is 9.98 Å². The zero-order valence-electron chi connectivity index (χ0n) is 14.8. The molecular formula is C23H19ClN2O. The van der Waals surface area contributed by atoms with Crippen LogP contribution in [0.1, 0.15) is 24.0 Å². The predicted octanol–water partition coefficient (Wildman–Crippen LogP) is 6.19. The van der Waals surface area contributed by atoms with E-state index < -0.39 is 0 Å². The quantitative estimate of drug-likeness (QED) is 0.545. The number of hydrogen-bond donors (Lipinski definition) is 0. The molecule has 4 heteroatoms. The molecular weight excluding hydrogens is 356 g/mol.